The van der Waals surface area contributed by atoms with E-state index < -0.39 is 5.97 Å². The number of carbonyl (C=O) groups is 1. The quantitative estimate of drug-likeness (QED) is 0.834. The summed E-state index contributed by atoms with van der Waals surface area (Å²) in [5, 5.41) is 10.3. The Hall–Kier alpha value is -1.39. The molecule has 0 unspecified atom stereocenters. The maximum atomic E-state index is 11.6. The summed E-state index contributed by atoms with van der Waals surface area (Å²) < 4.78 is -0.285. The molecule has 5 heteroatoms. The highest BCUT2D eigenvalue weighted by atomic mass is 35.5. The zero-order valence-corrected chi connectivity index (χ0v) is 8.93. The molecule has 1 aromatic carbocycles. The number of rotatable bonds is 1. The van der Waals surface area contributed by atoms with Gasteiger partial charge in [-0.3, -0.25) is 4.79 Å². The molecule has 2 rings (SSSR count). The van der Waals surface area contributed by atoms with Gasteiger partial charge in [0.2, 0.25) is 4.74 Å². The highest BCUT2D eigenvalue weighted by Crippen LogP contribution is 2.19. The Labute approximate surface area is 93.5 Å². The molecule has 0 aliphatic rings. The second-order valence-corrected chi connectivity index (χ2v) is 4.39. The molecule has 0 fully saturated rings. The molecule has 0 atom stereocenters. The lowest BCUT2D eigenvalue weighted by Gasteiger charge is -1.98. The van der Waals surface area contributed by atoms with Crippen LogP contribution in [0.25, 0.3) is 10.8 Å². The number of aromatic carboxylic acids is 1. The van der Waals surface area contributed by atoms with E-state index in [1.165, 1.54) is 6.07 Å². The van der Waals surface area contributed by atoms with Crippen LogP contribution in [0.5, 0.6) is 0 Å². The molecule has 0 aliphatic heterocycles. The van der Waals surface area contributed by atoms with E-state index >= 15 is 0 Å². The lowest BCUT2D eigenvalue weighted by atomic mass is 10.2. The summed E-state index contributed by atoms with van der Waals surface area (Å²) in [6, 6.07) is 6.28. The molecule has 2 aromatic rings. The third-order valence-electron chi connectivity index (χ3n) is 1.94. The highest BCUT2D eigenvalue weighted by molar-refractivity contribution is 7.11. The summed E-state index contributed by atoms with van der Waals surface area (Å²) in [6.45, 7) is 0. The molecule has 1 N–H and O–H groups in total. The van der Waals surface area contributed by atoms with Crippen LogP contribution in [-0.4, -0.2) is 11.1 Å². The maximum absolute atomic E-state index is 11.6. The van der Waals surface area contributed by atoms with E-state index in [-0.39, 0.29) is 9.62 Å². The minimum atomic E-state index is -1.09. The minimum Gasteiger partial charge on any atom is -0.477 e. The molecular weight excluding hydrogens is 236 g/mol. The van der Waals surface area contributed by atoms with Gasteiger partial charge in [0, 0.05) is 10.4 Å². The Morgan fingerprint density at radius 2 is 2.07 bits per heavy atom. The lowest BCUT2D eigenvalue weighted by molar-refractivity contribution is 0.0702. The number of benzene rings is 1. The number of carboxylic acids is 1. The van der Waals surface area contributed by atoms with Crippen LogP contribution < -0.4 is 4.74 Å². The van der Waals surface area contributed by atoms with Crippen LogP contribution >= 0.6 is 22.9 Å². The molecule has 1 heterocycles. The fourth-order valence-electron chi connectivity index (χ4n) is 1.26. The molecule has 0 bridgehead atoms. The van der Waals surface area contributed by atoms with Crippen molar-refractivity contribution in [3.8, 4) is 0 Å². The zero-order chi connectivity index (χ0) is 11.0. The van der Waals surface area contributed by atoms with Gasteiger partial charge in [-0.15, -0.1) is 0 Å². The predicted octanol–water partition coefficient (Wildman–Crippen LogP) is 2.61. The third kappa shape index (κ3) is 1.86. The van der Waals surface area contributed by atoms with Gasteiger partial charge in [0.25, 0.3) is 0 Å². The highest BCUT2D eigenvalue weighted by Gasteiger charge is 2.08. The average molecular weight is 241 g/mol. The Morgan fingerprint density at radius 3 is 2.73 bits per heavy atom. The van der Waals surface area contributed by atoms with E-state index in [9.17, 15) is 9.59 Å². The first kappa shape index (κ1) is 10.1. The van der Waals surface area contributed by atoms with E-state index in [1.807, 2.05) is 0 Å². The van der Waals surface area contributed by atoms with Crippen LogP contribution in [0.4, 0.5) is 0 Å². The second-order valence-electron chi connectivity index (χ2n) is 2.93. The van der Waals surface area contributed by atoms with E-state index in [1.54, 1.807) is 18.2 Å². The number of halogens is 1. The van der Waals surface area contributed by atoms with Crippen molar-refractivity contribution in [1.82, 2.24) is 0 Å². The standard InChI is InChI=1S/C10H5ClO3S/c11-6-2-1-5-3-8(9(12)13)15-10(14)7(5)4-6/h1-4H,(H,12,13). The third-order valence-corrected chi connectivity index (χ3v) is 3.09. The lowest BCUT2D eigenvalue weighted by Crippen LogP contribution is -2.01. The first-order valence-electron chi connectivity index (χ1n) is 4.04. The summed E-state index contributed by atoms with van der Waals surface area (Å²) in [4.78, 5) is 22.3. The summed E-state index contributed by atoms with van der Waals surface area (Å²) >= 11 is 6.45. The predicted molar refractivity (Wildman–Crippen MR) is 60.1 cm³/mol. The second kappa shape index (κ2) is 3.64. The van der Waals surface area contributed by atoms with Gasteiger partial charge in [-0.05, 0) is 23.6 Å². The summed E-state index contributed by atoms with van der Waals surface area (Å²) in [7, 11) is 0. The van der Waals surface area contributed by atoms with Gasteiger partial charge in [0.15, 0.2) is 0 Å². The van der Waals surface area contributed by atoms with Gasteiger partial charge in [0.1, 0.15) is 4.88 Å². The van der Waals surface area contributed by atoms with Gasteiger partial charge in [-0.1, -0.05) is 29.0 Å². The molecule has 1 aromatic heterocycles. The van der Waals surface area contributed by atoms with Gasteiger partial charge in [-0.25, -0.2) is 4.79 Å². The fourth-order valence-corrected chi connectivity index (χ4v) is 2.19. The van der Waals surface area contributed by atoms with E-state index in [0.717, 1.165) is 0 Å². The Kier molecular flexibility index (Phi) is 2.46. The summed E-state index contributed by atoms with van der Waals surface area (Å²) in [5.41, 5.74) is 0. The Morgan fingerprint density at radius 1 is 1.33 bits per heavy atom. The van der Waals surface area contributed by atoms with Crippen LogP contribution in [0.3, 0.4) is 0 Å². The molecule has 0 radical (unpaired) electrons. The number of carboxylic acid groups (broad SMARTS) is 1. The van der Waals surface area contributed by atoms with Crippen LogP contribution in [0.1, 0.15) is 9.67 Å². The van der Waals surface area contributed by atoms with Crippen molar-refractivity contribution in [2.45, 2.75) is 0 Å². The van der Waals surface area contributed by atoms with Crippen molar-refractivity contribution in [3.05, 3.63) is 43.7 Å². The van der Waals surface area contributed by atoms with Crippen molar-refractivity contribution >= 4 is 39.7 Å². The fraction of sp³-hybridized carbons (Fsp3) is 0. The van der Waals surface area contributed by atoms with Gasteiger partial charge >= 0.3 is 5.97 Å². The zero-order valence-electron chi connectivity index (χ0n) is 7.36. The molecule has 0 spiro atoms. The van der Waals surface area contributed by atoms with Crippen LogP contribution in [-0.2, 0) is 0 Å². The van der Waals surface area contributed by atoms with E-state index in [4.69, 9.17) is 16.7 Å². The normalized spacial score (nSPS) is 10.5. The molecule has 3 nitrogen and oxygen atoms in total. The van der Waals surface area contributed by atoms with Crippen LogP contribution in [0.2, 0.25) is 5.02 Å². The Bertz CT molecular complexity index is 603. The van der Waals surface area contributed by atoms with E-state index in [2.05, 4.69) is 0 Å². The van der Waals surface area contributed by atoms with Gasteiger partial charge < -0.3 is 5.11 Å². The van der Waals surface area contributed by atoms with Crippen LogP contribution in [0.15, 0.2) is 29.1 Å². The van der Waals surface area contributed by atoms with Crippen molar-refractivity contribution in [3.63, 3.8) is 0 Å². The molecule has 15 heavy (non-hydrogen) atoms. The molecule has 76 valence electrons. The summed E-state index contributed by atoms with van der Waals surface area (Å²) in [5.74, 6) is -1.09. The minimum absolute atomic E-state index is 0.0369. The maximum Gasteiger partial charge on any atom is 0.346 e. The van der Waals surface area contributed by atoms with Crippen LogP contribution in [0, 0.1) is 0 Å². The van der Waals surface area contributed by atoms with Crippen molar-refractivity contribution in [2.75, 3.05) is 0 Å². The smallest absolute Gasteiger partial charge is 0.346 e. The number of hydrogen-bond acceptors (Lipinski definition) is 3. The Balaban J connectivity index is 2.84. The monoisotopic (exact) mass is 240 g/mol. The molecular formula is C10H5ClO3S. The van der Waals surface area contributed by atoms with Gasteiger partial charge in [0.05, 0.1) is 0 Å². The molecule has 0 saturated carbocycles. The van der Waals surface area contributed by atoms with Crippen molar-refractivity contribution < 1.29 is 9.90 Å². The SMILES string of the molecule is O=C(O)c1cc2ccc(Cl)cc2c(=O)s1. The molecule has 0 amide bonds. The van der Waals surface area contributed by atoms with Gasteiger partial charge in [-0.2, -0.15) is 0 Å². The topological polar surface area (TPSA) is 54.4 Å². The van der Waals surface area contributed by atoms with Crippen molar-refractivity contribution in [2.24, 2.45) is 0 Å². The van der Waals surface area contributed by atoms with Crippen molar-refractivity contribution in [1.29, 1.82) is 0 Å². The number of fused-ring (bicyclic) bond motifs is 1. The summed E-state index contributed by atoms with van der Waals surface area (Å²) in [6.07, 6.45) is 0. The number of hydrogen-bond donors (Lipinski definition) is 1. The average Bonchev–Trinajstić information content (AvgIpc) is 2.18. The van der Waals surface area contributed by atoms with E-state index in [0.29, 0.717) is 27.1 Å². The molecule has 0 saturated heterocycles. The largest absolute Gasteiger partial charge is 0.477 e. The first-order valence-corrected chi connectivity index (χ1v) is 5.24. The molecule has 0 aliphatic carbocycles. The first-order chi connectivity index (χ1) is 7.08.